The number of carbonyl (C=O) groups excluding carboxylic acids is 1. The number of benzene rings is 1. The lowest BCUT2D eigenvalue weighted by molar-refractivity contribution is 0.0501. The van der Waals surface area contributed by atoms with Gasteiger partial charge in [-0.05, 0) is 25.8 Å². The molecule has 0 radical (unpaired) electrons. The van der Waals surface area contributed by atoms with Gasteiger partial charge < -0.3 is 20.5 Å². The van der Waals surface area contributed by atoms with Crippen LogP contribution < -0.4 is 15.4 Å². The van der Waals surface area contributed by atoms with E-state index in [0.29, 0.717) is 19.7 Å². The zero-order valence-corrected chi connectivity index (χ0v) is 12.5. The summed E-state index contributed by atoms with van der Waals surface area (Å²) in [4.78, 5) is 11.8. The summed E-state index contributed by atoms with van der Waals surface area (Å²) in [5, 5.41) is 15.7. The van der Waals surface area contributed by atoms with Crippen molar-refractivity contribution in [3.8, 4) is 5.75 Å². The third-order valence-electron chi connectivity index (χ3n) is 3.82. The van der Waals surface area contributed by atoms with Gasteiger partial charge in [0.05, 0.1) is 12.2 Å². The Morgan fingerprint density at radius 1 is 1.29 bits per heavy atom. The molecule has 1 aromatic rings. The Bertz CT molecular complexity index is 470. The van der Waals surface area contributed by atoms with E-state index < -0.39 is 5.60 Å². The number of hydrogen-bond donors (Lipinski definition) is 3. The average Bonchev–Trinajstić information content (AvgIpc) is 2.92. The van der Waals surface area contributed by atoms with Gasteiger partial charge in [0.2, 0.25) is 0 Å². The van der Waals surface area contributed by atoms with Crippen LogP contribution in [0.5, 0.6) is 5.75 Å². The highest BCUT2D eigenvalue weighted by Crippen LogP contribution is 2.28. The molecule has 1 aliphatic rings. The predicted molar refractivity (Wildman–Crippen MR) is 81.3 cm³/mol. The van der Waals surface area contributed by atoms with Crippen LogP contribution in [0.2, 0.25) is 0 Å². The molecular formula is C16H24N2O3. The Morgan fingerprint density at radius 2 is 2.00 bits per heavy atom. The summed E-state index contributed by atoms with van der Waals surface area (Å²) in [6, 6.07) is 7.37. The number of amides is 2. The first-order valence-electron chi connectivity index (χ1n) is 7.58. The van der Waals surface area contributed by atoms with Crippen LogP contribution in [0.15, 0.2) is 24.3 Å². The summed E-state index contributed by atoms with van der Waals surface area (Å²) < 4.78 is 5.51. The molecule has 1 aromatic carbocycles. The van der Waals surface area contributed by atoms with Crippen LogP contribution in [0.4, 0.5) is 4.79 Å². The van der Waals surface area contributed by atoms with Crippen LogP contribution in [0, 0.1) is 0 Å². The highest BCUT2D eigenvalue weighted by molar-refractivity contribution is 5.74. The molecule has 0 atom stereocenters. The van der Waals surface area contributed by atoms with Gasteiger partial charge in [0.1, 0.15) is 5.75 Å². The number of rotatable bonds is 6. The van der Waals surface area contributed by atoms with E-state index >= 15 is 0 Å². The van der Waals surface area contributed by atoms with Gasteiger partial charge in [-0.25, -0.2) is 4.79 Å². The standard InChI is InChI=1S/C16H24N2O3/c1-2-21-14-8-4-3-7-13(14)11-17-15(19)18-12-16(20)9-5-6-10-16/h3-4,7-8,20H,2,5-6,9-12H2,1H3,(H2,17,18,19). The Morgan fingerprint density at radius 3 is 2.71 bits per heavy atom. The first-order valence-corrected chi connectivity index (χ1v) is 7.58. The van der Waals surface area contributed by atoms with Crippen LogP contribution in [0.25, 0.3) is 0 Å². The number of nitrogens with one attached hydrogen (secondary N) is 2. The molecule has 5 nitrogen and oxygen atoms in total. The van der Waals surface area contributed by atoms with Gasteiger partial charge in [0, 0.05) is 18.7 Å². The van der Waals surface area contributed by atoms with E-state index in [4.69, 9.17) is 4.74 Å². The lowest BCUT2D eigenvalue weighted by Gasteiger charge is -2.22. The molecule has 0 saturated heterocycles. The van der Waals surface area contributed by atoms with Gasteiger partial charge >= 0.3 is 6.03 Å². The molecule has 21 heavy (non-hydrogen) atoms. The minimum atomic E-state index is -0.722. The van der Waals surface area contributed by atoms with Crippen LogP contribution >= 0.6 is 0 Å². The maximum absolute atomic E-state index is 11.8. The van der Waals surface area contributed by atoms with Gasteiger partial charge in [-0.1, -0.05) is 31.0 Å². The summed E-state index contributed by atoms with van der Waals surface area (Å²) in [5.74, 6) is 0.787. The Labute approximate surface area is 125 Å². The zero-order valence-electron chi connectivity index (χ0n) is 12.5. The molecular weight excluding hydrogens is 268 g/mol. The quantitative estimate of drug-likeness (QED) is 0.752. The Kier molecular flexibility index (Phi) is 5.44. The minimum Gasteiger partial charge on any atom is -0.494 e. The fraction of sp³-hybridized carbons (Fsp3) is 0.562. The summed E-state index contributed by atoms with van der Waals surface area (Å²) in [5.41, 5.74) is 0.217. The highest BCUT2D eigenvalue weighted by atomic mass is 16.5. The largest absolute Gasteiger partial charge is 0.494 e. The van der Waals surface area contributed by atoms with Crippen molar-refractivity contribution in [3.63, 3.8) is 0 Å². The van der Waals surface area contributed by atoms with E-state index in [-0.39, 0.29) is 6.03 Å². The van der Waals surface area contributed by atoms with E-state index in [1.165, 1.54) is 0 Å². The first-order chi connectivity index (χ1) is 10.1. The lowest BCUT2D eigenvalue weighted by atomic mass is 10.0. The van der Waals surface area contributed by atoms with Crippen molar-refractivity contribution in [3.05, 3.63) is 29.8 Å². The van der Waals surface area contributed by atoms with Crippen molar-refractivity contribution in [1.29, 1.82) is 0 Å². The molecule has 0 aliphatic heterocycles. The zero-order chi connectivity index (χ0) is 15.1. The second kappa shape index (κ2) is 7.31. The van der Waals surface area contributed by atoms with Crippen molar-refractivity contribution in [1.82, 2.24) is 10.6 Å². The molecule has 0 unspecified atom stereocenters. The fourth-order valence-electron chi connectivity index (χ4n) is 2.64. The van der Waals surface area contributed by atoms with Gasteiger partial charge in [0.15, 0.2) is 0 Å². The van der Waals surface area contributed by atoms with Gasteiger partial charge in [-0.2, -0.15) is 0 Å². The Hall–Kier alpha value is -1.75. The van der Waals surface area contributed by atoms with Gasteiger partial charge in [-0.3, -0.25) is 0 Å². The van der Waals surface area contributed by atoms with Crippen LogP contribution in [0.3, 0.4) is 0 Å². The molecule has 116 valence electrons. The summed E-state index contributed by atoms with van der Waals surface area (Å²) in [6.07, 6.45) is 3.59. The maximum atomic E-state index is 11.8. The summed E-state index contributed by atoms with van der Waals surface area (Å²) in [6.45, 7) is 3.24. The number of hydrogen-bond acceptors (Lipinski definition) is 3. The van der Waals surface area contributed by atoms with E-state index in [0.717, 1.165) is 37.0 Å². The number of para-hydroxylation sites is 1. The number of urea groups is 1. The predicted octanol–water partition coefficient (Wildman–Crippen LogP) is 2.19. The molecule has 2 amide bonds. The van der Waals surface area contributed by atoms with Crippen LogP contribution in [0.1, 0.15) is 38.2 Å². The normalized spacial score (nSPS) is 16.5. The van der Waals surface area contributed by atoms with Crippen LogP contribution in [-0.4, -0.2) is 29.9 Å². The molecule has 0 heterocycles. The minimum absolute atomic E-state index is 0.262. The van der Waals surface area contributed by atoms with E-state index in [9.17, 15) is 9.90 Å². The highest BCUT2D eigenvalue weighted by Gasteiger charge is 2.31. The first kappa shape index (κ1) is 15.6. The molecule has 1 saturated carbocycles. The third kappa shape index (κ3) is 4.63. The molecule has 0 bridgehead atoms. The molecule has 1 aliphatic carbocycles. The van der Waals surface area contributed by atoms with Crippen molar-refractivity contribution in [2.75, 3.05) is 13.2 Å². The monoisotopic (exact) mass is 292 g/mol. The summed E-state index contributed by atoms with van der Waals surface area (Å²) in [7, 11) is 0. The number of aliphatic hydroxyl groups is 1. The average molecular weight is 292 g/mol. The smallest absolute Gasteiger partial charge is 0.315 e. The van der Waals surface area contributed by atoms with E-state index in [1.807, 2.05) is 31.2 Å². The van der Waals surface area contributed by atoms with Crippen LogP contribution in [-0.2, 0) is 6.54 Å². The Balaban J connectivity index is 1.78. The van der Waals surface area contributed by atoms with Gasteiger partial charge in [-0.15, -0.1) is 0 Å². The molecule has 5 heteroatoms. The fourth-order valence-corrected chi connectivity index (χ4v) is 2.64. The maximum Gasteiger partial charge on any atom is 0.315 e. The lowest BCUT2D eigenvalue weighted by Crippen LogP contribution is -2.44. The molecule has 3 N–H and O–H groups in total. The number of ether oxygens (including phenoxy) is 1. The van der Waals surface area contributed by atoms with Gasteiger partial charge in [0.25, 0.3) is 0 Å². The topological polar surface area (TPSA) is 70.6 Å². The summed E-state index contributed by atoms with van der Waals surface area (Å²) >= 11 is 0. The van der Waals surface area contributed by atoms with E-state index in [2.05, 4.69) is 10.6 Å². The van der Waals surface area contributed by atoms with Crippen molar-refractivity contribution in [2.24, 2.45) is 0 Å². The molecule has 0 aromatic heterocycles. The number of carbonyl (C=O) groups is 1. The molecule has 1 fully saturated rings. The SMILES string of the molecule is CCOc1ccccc1CNC(=O)NCC1(O)CCCC1. The molecule has 2 rings (SSSR count). The van der Waals surface area contributed by atoms with Crippen molar-refractivity contribution < 1.29 is 14.6 Å². The van der Waals surface area contributed by atoms with Crippen molar-refractivity contribution in [2.45, 2.75) is 44.8 Å². The van der Waals surface area contributed by atoms with Crippen molar-refractivity contribution >= 4 is 6.03 Å². The second-order valence-corrected chi connectivity index (χ2v) is 5.51. The third-order valence-corrected chi connectivity index (χ3v) is 3.82. The van der Waals surface area contributed by atoms with E-state index in [1.54, 1.807) is 0 Å². The molecule has 0 spiro atoms. The second-order valence-electron chi connectivity index (χ2n) is 5.51.